The van der Waals surface area contributed by atoms with E-state index in [4.69, 9.17) is 14.9 Å². The van der Waals surface area contributed by atoms with Crippen LogP contribution in [0.15, 0.2) is 48.6 Å². The van der Waals surface area contributed by atoms with Crippen molar-refractivity contribution in [1.82, 2.24) is 4.72 Å². The fraction of sp³-hybridized carbons (Fsp3) is 0.717. The zero-order valence-corrected chi connectivity index (χ0v) is 43.4. The normalized spacial score (nSPS) is 19.1. The first-order valence-electron chi connectivity index (χ1n) is 22.2. The van der Waals surface area contributed by atoms with Crippen molar-refractivity contribution in [2.75, 3.05) is 26.9 Å². The predicted octanol–water partition coefficient (Wildman–Crippen LogP) is 9.15. The Bertz CT molecular complexity index is 2010. The van der Waals surface area contributed by atoms with Crippen molar-refractivity contribution in [2.24, 2.45) is 17.8 Å². The molecule has 0 heterocycles. The van der Waals surface area contributed by atoms with Crippen LogP contribution < -0.4 is 4.72 Å². The van der Waals surface area contributed by atoms with Crippen molar-refractivity contribution < 1.29 is 119 Å². The molecule has 7 atom stereocenters. The van der Waals surface area contributed by atoms with Gasteiger partial charge in [-0.15, -0.1) is 0 Å². The average molecular weight is 1120 g/mol. The standard InChI is InChI=1S/C13H19F3O2.C11H17F3O3.C10H15F3O3.C7H10F3NO4S.C5H8O2/c1-12(18,13(14,15)16)5-4-11(17)10-7-8-2-3-9(10)6-8;1-8(2)9(15)17-7-5-4-6-10(3,16)11(12,13)14;1-6(2)8(14)16-7(3)5-9(4,15)10(11,12)13;1-5(2)6(12)15-4-3-11-16(13,14)7(8,9)10;1-4(2)5(6)7-3/h8-10,18H,2-7H2,1H3;16H,1,4-7H2,2-3H3;7,15H,1,5H2,2-4H3;11H,1,3-4H2,2H3;1H2,2-3H3. The number of Topliss-reactive ketones (excluding diaryl/α,β-unsaturated/α-hetero) is 1. The molecule has 0 saturated heterocycles. The lowest BCUT2D eigenvalue weighted by Gasteiger charge is -2.28. The fourth-order valence-electron chi connectivity index (χ4n) is 6.03. The first kappa shape index (κ1) is 73.7. The van der Waals surface area contributed by atoms with Crippen molar-refractivity contribution in [3.8, 4) is 0 Å². The zero-order chi connectivity index (χ0) is 59.2. The number of hydrogen-bond acceptors (Lipinski definition) is 14. The molecule has 0 radical (unpaired) electrons. The number of methoxy groups -OCH3 is 1. The molecular weight excluding hydrogens is 1050 g/mol. The third-order valence-corrected chi connectivity index (χ3v) is 11.8. The summed E-state index contributed by atoms with van der Waals surface area (Å²) in [6.45, 7) is 21.3. The smallest absolute Gasteiger partial charge is 0.466 e. The average Bonchev–Trinajstić information content (AvgIpc) is 3.87. The van der Waals surface area contributed by atoms with Crippen molar-refractivity contribution >= 4 is 39.7 Å². The Hall–Kier alpha value is -4.54. The summed E-state index contributed by atoms with van der Waals surface area (Å²) in [4.78, 5) is 54.8. The molecule has 2 saturated carbocycles. The summed E-state index contributed by atoms with van der Waals surface area (Å²) in [6, 6.07) is 0. The molecule has 432 valence electrons. The van der Waals surface area contributed by atoms with Crippen LogP contribution >= 0.6 is 0 Å². The lowest BCUT2D eigenvalue weighted by Crippen LogP contribution is -2.45. The van der Waals surface area contributed by atoms with Crippen molar-refractivity contribution in [3.05, 3.63) is 48.6 Å². The number of sulfonamides is 1. The Morgan fingerprint density at radius 2 is 1.04 bits per heavy atom. The first-order valence-corrected chi connectivity index (χ1v) is 23.7. The summed E-state index contributed by atoms with van der Waals surface area (Å²) in [5.41, 5.74) is -12.8. The monoisotopic (exact) mass is 1120 g/mol. The molecule has 0 spiro atoms. The third-order valence-electron chi connectivity index (χ3n) is 10.6. The van der Waals surface area contributed by atoms with Gasteiger partial charge in [0.05, 0.1) is 13.7 Å². The van der Waals surface area contributed by atoms with Crippen LogP contribution in [0.1, 0.15) is 120 Å². The summed E-state index contributed by atoms with van der Waals surface area (Å²) in [6.07, 6.45) is -12.4. The van der Waals surface area contributed by atoms with E-state index < -0.39 is 107 Å². The number of carbonyl (C=O) groups is 5. The summed E-state index contributed by atoms with van der Waals surface area (Å²) >= 11 is 0. The summed E-state index contributed by atoms with van der Waals surface area (Å²) in [7, 11) is -4.05. The Kier molecular flexibility index (Phi) is 30.7. The summed E-state index contributed by atoms with van der Waals surface area (Å²) in [5, 5.41) is 27.5. The molecule has 0 aromatic carbocycles. The van der Waals surface area contributed by atoms with E-state index in [2.05, 4.69) is 40.5 Å². The molecule has 7 unspecified atom stereocenters. The largest absolute Gasteiger partial charge is 0.511 e. The molecule has 28 heteroatoms. The molecule has 0 aromatic rings. The van der Waals surface area contributed by atoms with E-state index >= 15 is 0 Å². The molecule has 0 amide bonds. The maximum absolute atomic E-state index is 12.4. The number of halogens is 12. The minimum Gasteiger partial charge on any atom is -0.466 e. The van der Waals surface area contributed by atoms with Crippen LogP contribution in [0.4, 0.5) is 52.7 Å². The highest BCUT2D eigenvalue weighted by Crippen LogP contribution is 2.49. The van der Waals surface area contributed by atoms with Gasteiger partial charge >= 0.3 is 57.9 Å². The van der Waals surface area contributed by atoms with E-state index in [1.165, 1.54) is 39.5 Å². The van der Waals surface area contributed by atoms with Gasteiger partial charge in [-0.05, 0) is 112 Å². The van der Waals surface area contributed by atoms with Crippen molar-refractivity contribution in [2.45, 2.75) is 167 Å². The molecule has 2 aliphatic rings. The number of aliphatic hydroxyl groups is 3. The second-order valence-electron chi connectivity index (χ2n) is 18.2. The number of fused-ring (bicyclic) bond motifs is 2. The zero-order valence-electron chi connectivity index (χ0n) is 42.6. The van der Waals surface area contributed by atoms with E-state index in [0.717, 1.165) is 39.5 Å². The number of ketones is 1. The van der Waals surface area contributed by atoms with Crippen LogP contribution in [0.25, 0.3) is 0 Å². The second kappa shape index (κ2) is 30.9. The summed E-state index contributed by atoms with van der Waals surface area (Å²) < 4.78 is 186. The molecule has 15 nitrogen and oxygen atoms in total. The van der Waals surface area contributed by atoms with Gasteiger partial charge in [-0.2, -0.15) is 52.7 Å². The van der Waals surface area contributed by atoms with Crippen LogP contribution in [0.3, 0.4) is 0 Å². The van der Waals surface area contributed by atoms with E-state index in [0.29, 0.717) is 24.3 Å². The second-order valence-corrected chi connectivity index (χ2v) is 19.9. The van der Waals surface area contributed by atoms with E-state index in [1.807, 2.05) is 0 Å². The quantitative estimate of drug-likeness (QED) is 0.0293. The molecular formula is C46H69F12NO14S. The van der Waals surface area contributed by atoms with Gasteiger partial charge in [0.15, 0.2) is 16.8 Å². The van der Waals surface area contributed by atoms with Gasteiger partial charge in [0, 0.05) is 47.6 Å². The molecule has 4 N–H and O–H groups in total. The van der Waals surface area contributed by atoms with E-state index in [-0.39, 0.29) is 60.3 Å². The van der Waals surface area contributed by atoms with E-state index in [9.17, 15) is 90.2 Å². The Balaban J connectivity index is -0.000000871. The fourth-order valence-corrected chi connectivity index (χ4v) is 6.55. The molecule has 2 fully saturated rings. The number of ether oxygens (including phenoxy) is 4. The number of alkyl halides is 12. The Morgan fingerprint density at radius 3 is 1.38 bits per heavy atom. The number of hydrogen-bond donors (Lipinski definition) is 4. The Morgan fingerprint density at radius 1 is 0.622 bits per heavy atom. The highest BCUT2D eigenvalue weighted by atomic mass is 32.2. The minimum absolute atomic E-state index is 0.0274. The highest BCUT2D eigenvalue weighted by Gasteiger charge is 2.52. The molecule has 0 aromatic heterocycles. The number of nitrogens with one attached hydrogen (secondary N) is 1. The maximum atomic E-state index is 12.4. The van der Waals surface area contributed by atoms with Crippen molar-refractivity contribution in [3.63, 3.8) is 0 Å². The van der Waals surface area contributed by atoms with Crippen LogP contribution in [0, 0.1) is 17.8 Å². The lowest BCUT2D eigenvalue weighted by atomic mass is 9.83. The number of carbonyl (C=O) groups excluding carboxylic acids is 5. The molecule has 2 bridgehead atoms. The van der Waals surface area contributed by atoms with Gasteiger partial charge in [0.1, 0.15) is 18.5 Å². The van der Waals surface area contributed by atoms with Gasteiger partial charge in [-0.25, -0.2) is 32.3 Å². The SMILES string of the molecule is C=C(C)C(=O)OC.C=C(C)C(=O)OC(C)CC(C)(O)C(F)(F)F.C=C(C)C(=O)OCCCCC(C)(O)C(F)(F)F.C=C(C)C(=O)OCCNS(=O)(=O)C(F)(F)F.CC(O)(CCC(=O)C1CC2CCC1C2)C(F)(F)F. The topological polar surface area (TPSA) is 229 Å². The predicted molar refractivity (Wildman–Crippen MR) is 243 cm³/mol. The first-order chi connectivity index (χ1) is 33.0. The van der Waals surface area contributed by atoms with Crippen molar-refractivity contribution in [1.29, 1.82) is 0 Å². The number of rotatable bonds is 20. The van der Waals surface area contributed by atoms with Crippen LogP contribution in [0.5, 0.6) is 0 Å². The third kappa shape index (κ3) is 28.4. The van der Waals surface area contributed by atoms with Gasteiger partial charge in [-0.3, -0.25) is 4.79 Å². The maximum Gasteiger partial charge on any atom is 0.511 e. The van der Waals surface area contributed by atoms with E-state index in [1.54, 1.807) is 6.92 Å². The number of esters is 4. The lowest BCUT2D eigenvalue weighted by molar-refractivity contribution is -0.261. The summed E-state index contributed by atoms with van der Waals surface area (Å²) in [5.74, 6) is -1.63. The molecule has 74 heavy (non-hydrogen) atoms. The van der Waals surface area contributed by atoms with Gasteiger partial charge in [0.25, 0.3) is 0 Å². The van der Waals surface area contributed by atoms with Gasteiger partial charge < -0.3 is 34.3 Å². The number of unbranched alkanes of at least 4 members (excludes halogenated alkanes) is 1. The molecule has 2 rings (SSSR count). The Labute approximate surface area is 422 Å². The molecule has 2 aliphatic carbocycles. The van der Waals surface area contributed by atoms with Crippen LogP contribution in [-0.2, 0) is 52.9 Å². The van der Waals surface area contributed by atoms with Crippen LogP contribution in [0.2, 0.25) is 0 Å². The molecule has 0 aliphatic heterocycles. The van der Waals surface area contributed by atoms with Crippen LogP contribution in [-0.4, -0.2) is 127 Å². The highest BCUT2D eigenvalue weighted by molar-refractivity contribution is 7.90. The van der Waals surface area contributed by atoms with Gasteiger partial charge in [-0.1, -0.05) is 32.7 Å². The van der Waals surface area contributed by atoms with Gasteiger partial charge in [0.2, 0.25) is 0 Å². The minimum atomic E-state index is -5.38.